The topological polar surface area (TPSA) is 37.4 Å². The summed E-state index contributed by atoms with van der Waals surface area (Å²) >= 11 is 0. The summed E-state index contributed by atoms with van der Waals surface area (Å²) in [6, 6.07) is 1.72. The number of halogens is 1. The summed E-state index contributed by atoms with van der Waals surface area (Å²) in [5.74, 6) is 0.180. The standard InChI is InChI=1S/C14H24FN3O/c1-4-16-11-12-7-8-17-14(13(12)15)18(5-2)9-10-19-6-3/h7-8,16H,4-6,9-11H2,1-3H3. The molecule has 1 aromatic rings. The van der Waals surface area contributed by atoms with Crippen LogP contribution in [0.15, 0.2) is 12.3 Å². The van der Waals surface area contributed by atoms with E-state index in [0.717, 1.165) is 6.54 Å². The van der Waals surface area contributed by atoms with Gasteiger partial charge in [0.25, 0.3) is 0 Å². The Hall–Kier alpha value is -1.20. The van der Waals surface area contributed by atoms with Gasteiger partial charge in [-0.25, -0.2) is 9.37 Å². The first-order valence-electron chi connectivity index (χ1n) is 6.91. The number of rotatable bonds is 9. The SMILES string of the molecule is CCNCc1ccnc(N(CC)CCOCC)c1F. The van der Waals surface area contributed by atoms with E-state index >= 15 is 0 Å². The molecule has 0 fully saturated rings. The van der Waals surface area contributed by atoms with E-state index in [4.69, 9.17) is 4.74 Å². The molecule has 19 heavy (non-hydrogen) atoms. The van der Waals surface area contributed by atoms with Crippen LogP contribution in [-0.4, -0.2) is 37.8 Å². The maximum absolute atomic E-state index is 14.4. The lowest BCUT2D eigenvalue weighted by Crippen LogP contribution is -2.29. The molecule has 1 aromatic heterocycles. The molecule has 0 bridgehead atoms. The van der Waals surface area contributed by atoms with Crippen LogP contribution in [0.4, 0.5) is 10.2 Å². The largest absolute Gasteiger partial charge is 0.380 e. The van der Waals surface area contributed by atoms with Crippen molar-refractivity contribution in [3.8, 4) is 0 Å². The molecule has 0 aliphatic rings. The van der Waals surface area contributed by atoms with E-state index in [0.29, 0.717) is 44.2 Å². The van der Waals surface area contributed by atoms with Crippen LogP contribution in [0.5, 0.6) is 0 Å². The number of nitrogens with one attached hydrogen (secondary N) is 1. The molecule has 0 radical (unpaired) electrons. The van der Waals surface area contributed by atoms with Gasteiger partial charge in [-0.15, -0.1) is 0 Å². The van der Waals surface area contributed by atoms with Crippen LogP contribution in [0.3, 0.4) is 0 Å². The minimum atomic E-state index is -0.234. The first-order valence-corrected chi connectivity index (χ1v) is 6.91. The highest BCUT2D eigenvalue weighted by Crippen LogP contribution is 2.19. The zero-order valence-corrected chi connectivity index (χ0v) is 12.1. The normalized spacial score (nSPS) is 10.7. The zero-order chi connectivity index (χ0) is 14.1. The van der Waals surface area contributed by atoms with E-state index in [2.05, 4.69) is 10.3 Å². The first-order chi connectivity index (χ1) is 9.24. The van der Waals surface area contributed by atoms with Crippen molar-refractivity contribution in [1.29, 1.82) is 0 Å². The van der Waals surface area contributed by atoms with Gasteiger partial charge in [0.2, 0.25) is 0 Å². The predicted octanol–water partition coefficient (Wildman–Crippen LogP) is 2.19. The number of ether oxygens (including phenoxy) is 1. The van der Waals surface area contributed by atoms with Gasteiger partial charge in [-0.3, -0.25) is 0 Å². The molecule has 1 N–H and O–H groups in total. The van der Waals surface area contributed by atoms with E-state index < -0.39 is 0 Å². The average Bonchev–Trinajstić information content (AvgIpc) is 2.43. The van der Waals surface area contributed by atoms with Gasteiger partial charge in [0.15, 0.2) is 11.6 Å². The molecule has 1 rings (SSSR count). The van der Waals surface area contributed by atoms with Gasteiger partial charge in [-0.05, 0) is 26.5 Å². The molecular formula is C14H24FN3O. The molecule has 108 valence electrons. The second-order valence-corrected chi connectivity index (χ2v) is 4.16. The molecule has 0 atom stereocenters. The Morgan fingerprint density at radius 1 is 1.37 bits per heavy atom. The third-order valence-electron chi connectivity index (χ3n) is 2.91. The smallest absolute Gasteiger partial charge is 0.170 e. The molecule has 5 heteroatoms. The lowest BCUT2D eigenvalue weighted by Gasteiger charge is -2.23. The fourth-order valence-corrected chi connectivity index (χ4v) is 1.82. The van der Waals surface area contributed by atoms with Gasteiger partial charge in [0, 0.05) is 38.0 Å². The van der Waals surface area contributed by atoms with Crippen molar-refractivity contribution in [2.75, 3.05) is 37.7 Å². The Balaban J connectivity index is 2.78. The summed E-state index contributed by atoms with van der Waals surface area (Å²) in [5.41, 5.74) is 0.654. The van der Waals surface area contributed by atoms with Crippen LogP contribution in [0.2, 0.25) is 0 Å². The van der Waals surface area contributed by atoms with Gasteiger partial charge in [-0.2, -0.15) is 0 Å². The molecule has 0 saturated heterocycles. The number of pyridine rings is 1. The van der Waals surface area contributed by atoms with Crippen molar-refractivity contribution in [2.24, 2.45) is 0 Å². The van der Waals surface area contributed by atoms with Crippen LogP contribution in [0.1, 0.15) is 26.3 Å². The Labute approximate surface area is 115 Å². The molecule has 0 aliphatic carbocycles. The van der Waals surface area contributed by atoms with E-state index in [9.17, 15) is 4.39 Å². The van der Waals surface area contributed by atoms with Crippen molar-refractivity contribution < 1.29 is 9.13 Å². The van der Waals surface area contributed by atoms with Crippen molar-refractivity contribution >= 4 is 5.82 Å². The summed E-state index contributed by atoms with van der Waals surface area (Å²) in [4.78, 5) is 6.07. The van der Waals surface area contributed by atoms with Crippen LogP contribution < -0.4 is 10.2 Å². The maximum Gasteiger partial charge on any atom is 0.170 e. The predicted molar refractivity (Wildman–Crippen MR) is 76.0 cm³/mol. The number of nitrogens with zero attached hydrogens (tertiary/aromatic N) is 2. The minimum Gasteiger partial charge on any atom is -0.380 e. The van der Waals surface area contributed by atoms with Gasteiger partial charge >= 0.3 is 0 Å². The Bertz CT molecular complexity index is 374. The second-order valence-electron chi connectivity index (χ2n) is 4.16. The van der Waals surface area contributed by atoms with Gasteiger partial charge < -0.3 is 15.0 Å². The van der Waals surface area contributed by atoms with E-state index in [1.165, 1.54) is 0 Å². The van der Waals surface area contributed by atoms with E-state index in [1.54, 1.807) is 12.3 Å². The highest BCUT2D eigenvalue weighted by atomic mass is 19.1. The van der Waals surface area contributed by atoms with Crippen LogP contribution in [0.25, 0.3) is 0 Å². The molecule has 4 nitrogen and oxygen atoms in total. The molecule has 0 unspecified atom stereocenters. The monoisotopic (exact) mass is 269 g/mol. The van der Waals surface area contributed by atoms with Crippen molar-refractivity contribution in [1.82, 2.24) is 10.3 Å². The summed E-state index contributed by atoms with van der Waals surface area (Å²) in [6.45, 7) is 9.91. The Kier molecular flexibility index (Phi) is 7.36. The minimum absolute atomic E-state index is 0.234. The summed E-state index contributed by atoms with van der Waals surface area (Å²) in [7, 11) is 0. The third kappa shape index (κ3) is 4.76. The summed E-state index contributed by atoms with van der Waals surface area (Å²) in [5, 5.41) is 3.13. The third-order valence-corrected chi connectivity index (χ3v) is 2.91. The molecule has 0 spiro atoms. The fraction of sp³-hybridized carbons (Fsp3) is 0.643. The van der Waals surface area contributed by atoms with Gasteiger partial charge in [0.05, 0.1) is 6.61 Å². The average molecular weight is 269 g/mol. The lowest BCUT2D eigenvalue weighted by molar-refractivity contribution is 0.153. The number of hydrogen-bond donors (Lipinski definition) is 1. The maximum atomic E-state index is 14.4. The number of aromatic nitrogens is 1. The van der Waals surface area contributed by atoms with Crippen LogP contribution in [0, 0.1) is 5.82 Å². The Morgan fingerprint density at radius 2 is 2.16 bits per heavy atom. The van der Waals surface area contributed by atoms with Crippen LogP contribution >= 0.6 is 0 Å². The lowest BCUT2D eigenvalue weighted by atomic mass is 10.2. The molecule has 0 saturated carbocycles. The zero-order valence-electron chi connectivity index (χ0n) is 12.1. The van der Waals surface area contributed by atoms with Crippen molar-refractivity contribution in [2.45, 2.75) is 27.3 Å². The summed E-state index contributed by atoms with van der Waals surface area (Å²) < 4.78 is 19.7. The van der Waals surface area contributed by atoms with Crippen molar-refractivity contribution in [3.63, 3.8) is 0 Å². The second kappa shape index (κ2) is 8.82. The Morgan fingerprint density at radius 3 is 2.79 bits per heavy atom. The fourth-order valence-electron chi connectivity index (χ4n) is 1.82. The molecular weight excluding hydrogens is 245 g/mol. The highest BCUT2D eigenvalue weighted by Gasteiger charge is 2.14. The molecule has 1 heterocycles. The molecule has 0 amide bonds. The molecule has 0 aliphatic heterocycles. The van der Waals surface area contributed by atoms with E-state index in [1.807, 2.05) is 25.7 Å². The van der Waals surface area contributed by atoms with Crippen LogP contribution in [-0.2, 0) is 11.3 Å². The van der Waals surface area contributed by atoms with Gasteiger partial charge in [0.1, 0.15) is 0 Å². The number of hydrogen-bond acceptors (Lipinski definition) is 4. The highest BCUT2D eigenvalue weighted by molar-refractivity contribution is 5.43. The van der Waals surface area contributed by atoms with E-state index in [-0.39, 0.29) is 5.82 Å². The quantitative estimate of drug-likeness (QED) is 0.697. The van der Waals surface area contributed by atoms with Gasteiger partial charge in [-0.1, -0.05) is 6.92 Å². The first kappa shape index (κ1) is 15.9. The number of anilines is 1. The number of likely N-dealkylation sites (N-methyl/N-ethyl adjacent to an activating group) is 1. The van der Waals surface area contributed by atoms with Crippen molar-refractivity contribution in [3.05, 3.63) is 23.6 Å². The molecule has 0 aromatic carbocycles. The summed E-state index contributed by atoms with van der Waals surface area (Å²) in [6.07, 6.45) is 1.66.